The van der Waals surface area contributed by atoms with Crippen LogP contribution in [0.15, 0.2) is 42.5 Å². The lowest BCUT2D eigenvalue weighted by Gasteiger charge is -2.29. The number of halogens is 1. The molecule has 1 heterocycles. The molecular weight excluding hydrogens is 314 g/mol. The summed E-state index contributed by atoms with van der Waals surface area (Å²) in [5.74, 6) is 1.01. The Kier molecular flexibility index (Phi) is 4.44. The van der Waals surface area contributed by atoms with E-state index in [0.29, 0.717) is 35.3 Å². The van der Waals surface area contributed by atoms with Gasteiger partial charge in [-0.1, -0.05) is 17.7 Å². The maximum atomic E-state index is 13.1. The number of hydrogen-bond acceptors (Lipinski definition) is 3. The zero-order chi connectivity index (χ0) is 16.4. The first kappa shape index (κ1) is 15.7. The molecule has 0 saturated heterocycles. The topological polar surface area (TPSA) is 38.8 Å². The van der Waals surface area contributed by atoms with Gasteiger partial charge in [-0.2, -0.15) is 0 Å². The number of benzene rings is 2. The normalized spacial score (nSPS) is 13.0. The summed E-state index contributed by atoms with van der Waals surface area (Å²) in [5.41, 5.74) is 1.30. The first-order valence-corrected chi connectivity index (χ1v) is 7.93. The van der Waals surface area contributed by atoms with Crippen molar-refractivity contribution in [2.75, 3.05) is 18.1 Å². The highest BCUT2D eigenvalue weighted by Crippen LogP contribution is 2.35. The largest absolute Gasteiger partial charge is 0.486 e. The fraction of sp³-hybridized carbons (Fsp3) is 0.278. The van der Waals surface area contributed by atoms with Gasteiger partial charge >= 0.3 is 0 Å². The molecule has 1 aliphatic rings. The van der Waals surface area contributed by atoms with Gasteiger partial charge in [0.25, 0.3) is 5.91 Å². The third-order valence-electron chi connectivity index (χ3n) is 3.64. The summed E-state index contributed by atoms with van der Waals surface area (Å²) in [4.78, 5) is 14.8. The smallest absolute Gasteiger partial charge is 0.262 e. The average Bonchev–Trinajstić information content (AvgIpc) is 2.56. The van der Waals surface area contributed by atoms with Gasteiger partial charge in [0, 0.05) is 16.8 Å². The van der Waals surface area contributed by atoms with E-state index in [9.17, 15) is 4.79 Å². The average molecular weight is 332 g/mol. The predicted molar refractivity (Wildman–Crippen MR) is 90.8 cm³/mol. The van der Waals surface area contributed by atoms with Crippen LogP contribution in [0.4, 0.5) is 5.69 Å². The van der Waals surface area contributed by atoms with Gasteiger partial charge in [0.2, 0.25) is 0 Å². The van der Waals surface area contributed by atoms with Crippen molar-refractivity contribution in [3.8, 4) is 11.5 Å². The van der Waals surface area contributed by atoms with Crippen LogP contribution < -0.4 is 14.4 Å². The number of para-hydroxylation sites is 1. The number of hydrogen-bond donors (Lipinski definition) is 0. The highest BCUT2D eigenvalue weighted by atomic mass is 35.5. The number of carbonyl (C=O) groups is 1. The molecule has 0 aliphatic carbocycles. The van der Waals surface area contributed by atoms with Crippen molar-refractivity contribution < 1.29 is 14.3 Å². The molecule has 3 rings (SSSR count). The van der Waals surface area contributed by atoms with Crippen LogP contribution in [0.1, 0.15) is 24.2 Å². The van der Waals surface area contributed by atoms with Gasteiger partial charge in [-0.3, -0.25) is 4.79 Å². The molecule has 1 amide bonds. The van der Waals surface area contributed by atoms with Crippen LogP contribution in [0.3, 0.4) is 0 Å². The summed E-state index contributed by atoms with van der Waals surface area (Å²) in [6.45, 7) is 4.88. The Morgan fingerprint density at radius 2 is 1.78 bits per heavy atom. The minimum absolute atomic E-state index is 0.0101. The van der Waals surface area contributed by atoms with Crippen molar-refractivity contribution in [2.45, 2.75) is 19.9 Å². The Labute approximate surface area is 140 Å². The number of fused-ring (bicyclic) bond motifs is 1. The van der Waals surface area contributed by atoms with Gasteiger partial charge in [0.15, 0.2) is 11.5 Å². The summed E-state index contributed by atoms with van der Waals surface area (Å²) in [7, 11) is 0. The maximum absolute atomic E-state index is 13.1. The van der Waals surface area contributed by atoms with Gasteiger partial charge in [0.05, 0.1) is 5.56 Å². The molecule has 4 nitrogen and oxygen atoms in total. The van der Waals surface area contributed by atoms with Crippen LogP contribution >= 0.6 is 11.6 Å². The van der Waals surface area contributed by atoms with Crippen molar-refractivity contribution in [3.05, 3.63) is 53.1 Å². The van der Waals surface area contributed by atoms with E-state index in [4.69, 9.17) is 21.1 Å². The molecule has 0 unspecified atom stereocenters. The van der Waals surface area contributed by atoms with E-state index < -0.39 is 0 Å². The van der Waals surface area contributed by atoms with Crippen molar-refractivity contribution in [1.29, 1.82) is 0 Å². The highest BCUT2D eigenvalue weighted by Gasteiger charge is 2.26. The zero-order valence-electron chi connectivity index (χ0n) is 13.1. The second kappa shape index (κ2) is 6.50. The first-order chi connectivity index (χ1) is 11.1. The molecule has 0 bridgehead atoms. The van der Waals surface area contributed by atoms with Gasteiger partial charge in [0.1, 0.15) is 13.2 Å². The van der Waals surface area contributed by atoms with E-state index >= 15 is 0 Å². The van der Waals surface area contributed by atoms with Gasteiger partial charge < -0.3 is 14.4 Å². The van der Waals surface area contributed by atoms with E-state index in [1.807, 2.05) is 32.0 Å². The molecule has 1 aliphatic heterocycles. The predicted octanol–water partition coefficient (Wildman–Crippen LogP) is 4.17. The lowest BCUT2D eigenvalue weighted by atomic mass is 10.1. The summed E-state index contributed by atoms with van der Waals surface area (Å²) in [5, 5.41) is 0.638. The number of nitrogens with zero attached hydrogens (tertiary/aromatic N) is 1. The molecule has 0 N–H and O–H groups in total. The second-order valence-electron chi connectivity index (χ2n) is 5.58. The van der Waals surface area contributed by atoms with Crippen LogP contribution in [-0.4, -0.2) is 25.2 Å². The molecule has 2 aromatic carbocycles. The molecule has 0 saturated carbocycles. The lowest BCUT2D eigenvalue weighted by Crippen LogP contribution is -2.37. The van der Waals surface area contributed by atoms with Crippen LogP contribution in [0, 0.1) is 0 Å². The minimum Gasteiger partial charge on any atom is -0.486 e. The first-order valence-electron chi connectivity index (χ1n) is 7.55. The summed E-state index contributed by atoms with van der Waals surface area (Å²) in [6.07, 6.45) is 0. The Bertz CT molecular complexity index is 713. The molecule has 0 fully saturated rings. The third kappa shape index (κ3) is 3.13. The maximum Gasteiger partial charge on any atom is 0.262 e. The second-order valence-corrected chi connectivity index (χ2v) is 6.01. The zero-order valence-corrected chi connectivity index (χ0v) is 13.8. The summed E-state index contributed by atoms with van der Waals surface area (Å²) >= 11 is 5.95. The fourth-order valence-corrected chi connectivity index (χ4v) is 2.75. The number of amides is 1. The van der Waals surface area contributed by atoms with Gasteiger partial charge in [-0.05, 0) is 50.2 Å². The molecular formula is C18H18ClNO3. The standard InChI is InChI=1S/C18H18ClNO3/c1-12(2)20(14-8-6-13(19)7-9-14)18(21)15-4-3-5-16-17(15)23-11-10-22-16/h3-9,12H,10-11H2,1-2H3. The molecule has 23 heavy (non-hydrogen) atoms. The van der Waals surface area contributed by atoms with Crippen molar-refractivity contribution in [2.24, 2.45) is 0 Å². The molecule has 0 spiro atoms. The SMILES string of the molecule is CC(C)N(C(=O)c1cccc2c1OCCO2)c1ccc(Cl)cc1. The molecule has 2 aromatic rings. The number of anilines is 1. The summed E-state index contributed by atoms with van der Waals surface area (Å²) in [6, 6.07) is 12.6. The van der Waals surface area contributed by atoms with E-state index in [1.165, 1.54) is 0 Å². The third-order valence-corrected chi connectivity index (χ3v) is 3.89. The minimum atomic E-state index is -0.121. The lowest BCUT2D eigenvalue weighted by molar-refractivity contribution is 0.0969. The van der Waals surface area contributed by atoms with E-state index in [2.05, 4.69) is 0 Å². The number of rotatable bonds is 3. The van der Waals surface area contributed by atoms with E-state index in [1.54, 1.807) is 29.2 Å². The Morgan fingerprint density at radius 1 is 1.09 bits per heavy atom. The van der Waals surface area contributed by atoms with E-state index in [0.717, 1.165) is 5.69 Å². The summed E-state index contributed by atoms with van der Waals surface area (Å²) < 4.78 is 11.2. The quantitative estimate of drug-likeness (QED) is 0.847. The van der Waals surface area contributed by atoms with Gasteiger partial charge in [-0.25, -0.2) is 0 Å². The fourth-order valence-electron chi connectivity index (χ4n) is 2.62. The van der Waals surface area contributed by atoms with Gasteiger partial charge in [-0.15, -0.1) is 0 Å². The Balaban J connectivity index is 2.01. The molecule has 0 aromatic heterocycles. The number of ether oxygens (including phenoxy) is 2. The Morgan fingerprint density at radius 3 is 2.48 bits per heavy atom. The molecule has 0 atom stereocenters. The van der Waals surface area contributed by atoms with Crippen molar-refractivity contribution in [1.82, 2.24) is 0 Å². The van der Waals surface area contributed by atoms with Crippen molar-refractivity contribution >= 4 is 23.2 Å². The highest BCUT2D eigenvalue weighted by molar-refractivity contribution is 6.30. The Hall–Kier alpha value is -2.20. The van der Waals surface area contributed by atoms with Crippen LogP contribution in [-0.2, 0) is 0 Å². The van der Waals surface area contributed by atoms with Crippen molar-refractivity contribution in [3.63, 3.8) is 0 Å². The molecule has 0 radical (unpaired) electrons. The van der Waals surface area contributed by atoms with Crippen LogP contribution in [0.2, 0.25) is 5.02 Å². The molecule has 120 valence electrons. The van der Waals surface area contributed by atoms with Crippen LogP contribution in [0.5, 0.6) is 11.5 Å². The van der Waals surface area contributed by atoms with Crippen LogP contribution in [0.25, 0.3) is 0 Å². The molecule has 5 heteroatoms. The van der Waals surface area contributed by atoms with E-state index in [-0.39, 0.29) is 11.9 Å². The monoisotopic (exact) mass is 331 g/mol. The number of carbonyl (C=O) groups excluding carboxylic acids is 1.